The molecule has 0 fully saturated rings. The topological polar surface area (TPSA) is 90.9 Å². The van der Waals surface area contributed by atoms with E-state index in [4.69, 9.17) is 37.4 Å². The van der Waals surface area contributed by atoms with Gasteiger partial charge in [0.2, 0.25) is 0 Å². The zero-order chi connectivity index (χ0) is 29.7. The second-order valence-corrected chi connectivity index (χ2v) is 13.3. The number of rotatable bonds is 6. The van der Waals surface area contributed by atoms with Crippen LogP contribution in [0.5, 0.6) is 11.5 Å². The Hall–Kier alpha value is -3.29. The van der Waals surface area contributed by atoms with Crippen LogP contribution in [-0.4, -0.2) is 31.2 Å². The van der Waals surface area contributed by atoms with Crippen molar-refractivity contribution >= 4 is 46.4 Å². The highest BCUT2D eigenvalue weighted by Crippen LogP contribution is 2.54. The van der Waals surface area contributed by atoms with Gasteiger partial charge in [-0.15, -0.1) is 0 Å². The minimum atomic E-state index is -0.630. The van der Waals surface area contributed by atoms with Crippen LogP contribution >= 0.6 is 23.2 Å². The Morgan fingerprint density at radius 3 is 2.02 bits per heavy atom. The smallest absolute Gasteiger partial charge is 0.262 e. The van der Waals surface area contributed by atoms with Crippen LogP contribution in [0.2, 0.25) is 10.0 Å². The number of carbonyl (C=O) groups is 3. The van der Waals surface area contributed by atoms with Gasteiger partial charge in [-0.05, 0) is 52.8 Å². The lowest BCUT2D eigenvalue weighted by Gasteiger charge is -2.42. The molecule has 0 radical (unpaired) electrons. The van der Waals surface area contributed by atoms with Crippen LogP contribution in [0.4, 0.5) is 5.69 Å². The Morgan fingerprint density at radius 2 is 1.49 bits per heavy atom. The average Bonchev–Trinajstić information content (AvgIpc) is 2.86. The molecule has 2 aliphatic carbocycles. The molecule has 216 valence electrons. The molecular weight excluding hydrogens is 565 g/mol. The van der Waals surface area contributed by atoms with Crippen LogP contribution in [0, 0.1) is 10.8 Å². The summed E-state index contributed by atoms with van der Waals surface area (Å²) >= 11 is 12.6. The van der Waals surface area contributed by atoms with Crippen LogP contribution < -0.4 is 14.8 Å². The normalized spacial score (nSPS) is 19.8. The van der Waals surface area contributed by atoms with E-state index in [9.17, 15) is 14.4 Å². The number of carbonyl (C=O) groups excluding carboxylic acids is 3. The maximum atomic E-state index is 13.6. The molecule has 5 rings (SSSR count). The number of ether oxygens (including phenoxy) is 3. The Bertz CT molecular complexity index is 1450. The van der Waals surface area contributed by atoms with Crippen molar-refractivity contribution in [1.82, 2.24) is 0 Å². The summed E-state index contributed by atoms with van der Waals surface area (Å²) < 4.78 is 17.8. The summed E-state index contributed by atoms with van der Waals surface area (Å²) in [5.41, 5.74) is 1.70. The molecule has 1 heterocycles. The molecule has 1 N–H and O–H groups in total. The summed E-state index contributed by atoms with van der Waals surface area (Å²) in [5.74, 6) is 0.606. The first-order valence-corrected chi connectivity index (χ1v) is 14.3. The lowest BCUT2D eigenvalue weighted by molar-refractivity contribution is -0.120. The van der Waals surface area contributed by atoms with Crippen molar-refractivity contribution in [2.45, 2.75) is 59.3 Å². The van der Waals surface area contributed by atoms with Crippen molar-refractivity contribution in [3.63, 3.8) is 0 Å². The minimum Gasteiger partial charge on any atom is -0.493 e. The molecule has 9 heteroatoms. The number of hydrogen-bond donors (Lipinski definition) is 1. The van der Waals surface area contributed by atoms with Gasteiger partial charge in [0.05, 0.1) is 12.1 Å². The van der Waals surface area contributed by atoms with E-state index >= 15 is 0 Å². The third kappa shape index (κ3) is 6.02. The van der Waals surface area contributed by atoms with Gasteiger partial charge < -0.3 is 19.5 Å². The van der Waals surface area contributed by atoms with Crippen LogP contribution in [0.1, 0.15) is 64.9 Å². The highest BCUT2D eigenvalue weighted by Gasteiger charge is 2.48. The largest absolute Gasteiger partial charge is 0.493 e. The Morgan fingerprint density at radius 1 is 0.927 bits per heavy atom. The standard InChI is InChI=1S/C32H33Cl2NO6/c1-31(2)12-21(36)28-24(14-31)41-25-15-32(3,4)13-22(37)29(25)27(28)17-10-20(34)30(23(11-17)39-5)40-16-26(38)35-19-8-6-18(33)7-9-19/h6-11,27H,12-16H2,1-5H3,(H,35,38). The summed E-state index contributed by atoms with van der Waals surface area (Å²) in [5, 5.41) is 3.49. The molecule has 0 atom stereocenters. The molecule has 2 aromatic rings. The monoisotopic (exact) mass is 597 g/mol. The molecule has 2 aromatic carbocycles. The molecule has 0 unspecified atom stereocenters. The first-order valence-electron chi connectivity index (χ1n) is 13.5. The van der Waals surface area contributed by atoms with E-state index in [2.05, 4.69) is 5.32 Å². The van der Waals surface area contributed by atoms with Crippen LogP contribution in [-0.2, 0) is 19.1 Å². The molecule has 0 spiro atoms. The van der Waals surface area contributed by atoms with E-state index in [1.807, 2.05) is 27.7 Å². The van der Waals surface area contributed by atoms with Crippen molar-refractivity contribution in [3.8, 4) is 11.5 Å². The summed E-state index contributed by atoms with van der Waals surface area (Å²) in [4.78, 5) is 39.7. The molecular formula is C32H33Cl2NO6. The molecule has 1 amide bonds. The van der Waals surface area contributed by atoms with E-state index in [1.165, 1.54) is 7.11 Å². The van der Waals surface area contributed by atoms with Crippen LogP contribution in [0.25, 0.3) is 0 Å². The number of benzene rings is 2. The highest BCUT2D eigenvalue weighted by molar-refractivity contribution is 6.32. The van der Waals surface area contributed by atoms with Crippen molar-refractivity contribution < 1.29 is 28.6 Å². The van der Waals surface area contributed by atoms with Crippen LogP contribution in [0.15, 0.2) is 59.1 Å². The lowest BCUT2D eigenvalue weighted by atomic mass is 9.65. The molecule has 0 saturated carbocycles. The van der Waals surface area contributed by atoms with Gasteiger partial charge in [0, 0.05) is 53.5 Å². The summed E-state index contributed by atoms with van der Waals surface area (Å²) in [6.45, 7) is 7.86. The number of amides is 1. The number of Topliss-reactive ketones (excluding diaryl/α,β-unsaturated/α-hetero) is 2. The maximum Gasteiger partial charge on any atom is 0.262 e. The fraction of sp³-hybridized carbons (Fsp3) is 0.406. The van der Waals surface area contributed by atoms with Gasteiger partial charge in [0.15, 0.2) is 29.7 Å². The van der Waals surface area contributed by atoms with Crippen molar-refractivity contribution in [3.05, 3.63) is 74.7 Å². The van der Waals surface area contributed by atoms with Gasteiger partial charge in [0.25, 0.3) is 5.91 Å². The third-order valence-corrected chi connectivity index (χ3v) is 8.18. The fourth-order valence-electron chi connectivity index (χ4n) is 5.92. The zero-order valence-electron chi connectivity index (χ0n) is 23.8. The Labute approximate surface area is 249 Å². The van der Waals surface area contributed by atoms with Gasteiger partial charge in [-0.2, -0.15) is 0 Å². The van der Waals surface area contributed by atoms with Crippen molar-refractivity contribution in [2.75, 3.05) is 19.0 Å². The van der Waals surface area contributed by atoms with Gasteiger partial charge in [-0.25, -0.2) is 0 Å². The number of hydrogen-bond acceptors (Lipinski definition) is 6. The van der Waals surface area contributed by atoms with Gasteiger partial charge in [-0.3, -0.25) is 14.4 Å². The predicted molar refractivity (Wildman–Crippen MR) is 158 cm³/mol. The number of ketones is 2. The van der Waals surface area contributed by atoms with Gasteiger partial charge in [0.1, 0.15) is 11.5 Å². The van der Waals surface area contributed by atoms with Crippen molar-refractivity contribution in [1.29, 1.82) is 0 Å². The first kappa shape index (κ1) is 29.2. The summed E-state index contributed by atoms with van der Waals surface area (Å²) in [6.07, 6.45) is 1.88. The molecule has 41 heavy (non-hydrogen) atoms. The van der Waals surface area contributed by atoms with E-state index in [-0.39, 0.29) is 45.5 Å². The van der Waals surface area contributed by atoms with Gasteiger partial charge in [-0.1, -0.05) is 50.9 Å². The second-order valence-electron chi connectivity index (χ2n) is 12.5. The molecule has 3 aliphatic rings. The number of nitrogens with one attached hydrogen (secondary N) is 1. The fourth-order valence-corrected chi connectivity index (χ4v) is 6.32. The van der Waals surface area contributed by atoms with E-state index in [1.54, 1.807) is 36.4 Å². The van der Waals surface area contributed by atoms with Gasteiger partial charge >= 0.3 is 0 Å². The summed E-state index contributed by atoms with van der Waals surface area (Å²) in [7, 11) is 1.47. The Balaban J connectivity index is 1.50. The second kappa shape index (κ2) is 10.8. The summed E-state index contributed by atoms with van der Waals surface area (Å²) in [6, 6.07) is 10.1. The molecule has 1 aliphatic heterocycles. The predicted octanol–water partition coefficient (Wildman–Crippen LogP) is 7.42. The Kier molecular flexibility index (Phi) is 7.72. The average molecular weight is 599 g/mol. The number of methoxy groups -OCH3 is 1. The molecule has 0 bridgehead atoms. The number of anilines is 1. The molecule has 7 nitrogen and oxygen atoms in total. The van der Waals surface area contributed by atoms with E-state index in [0.29, 0.717) is 64.6 Å². The quantitative estimate of drug-likeness (QED) is 0.372. The van der Waals surface area contributed by atoms with E-state index in [0.717, 1.165) is 0 Å². The SMILES string of the molecule is COc1cc(C2C3=C(CC(C)(C)CC3=O)OC3=C2C(=O)CC(C)(C)C3)cc(Cl)c1OCC(=O)Nc1ccc(Cl)cc1. The molecule has 0 aromatic heterocycles. The minimum absolute atomic E-state index is 0.0419. The molecule has 0 saturated heterocycles. The maximum absolute atomic E-state index is 13.6. The van der Waals surface area contributed by atoms with Crippen LogP contribution in [0.3, 0.4) is 0 Å². The lowest BCUT2D eigenvalue weighted by Crippen LogP contribution is -2.37. The van der Waals surface area contributed by atoms with E-state index < -0.39 is 11.8 Å². The highest BCUT2D eigenvalue weighted by atomic mass is 35.5. The first-order chi connectivity index (χ1) is 19.3. The number of halogens is 2. The zero-order valence-corrected chi connectivity index (χ0v) is 25.3. The van der Waals surface area contributed by atoms with Crippen molar-refractivity contribution in [2.24, 2.45) is 10.8 Å². The third-order valence-electron chi connectivity index (χ3n) is 7.64. The number of allylic oxidation sites excluding steroid dienone is 4.